The third-order valence-electron chi connectivity index (χ3n) is 6.23. The zero-order valence-electron chi connectivity index (χ0n) is 19.9. The van der Waals surface area contributed by atoms with Crippen LogP contribution in [-0.2, 0) is 13.0 Å². The first kappa shape index (κ1) is 22.7. The molecule has 0 aliphatic heterocycles. The van der Waals surface area contributed by atoms with Crippen molar-refractivity contribution in [2.75, 3.05) is 13.2 Å². The van der Waals surface area contributed by atoms with Crippen LogP contribution in [0.25, 0.3) is 21.8 Å². The van der Waals surface area contributed by atoms with Gasteiger partial charge in [-0.3, -0.25) is 4.79 Å². The Bertz CT molecular complexity index is 1450. The van der Waals surface area contributed by atoms with E-state index >= 15 is 0 Å². The van der Waals surface area contributed by atoms with Gasteiger partial charge >= 0.3 is 0 Å². The highest BCUT2D eigenvalue weighted by atomic mass is 16.5. The first-order valence-electron chi connectivity index (χ1n) is 12.1. The van der Waals surface area contributed by atoms with E-state index < -0.39 is 0 Å². The van der Waals surface area contributed by atoms with Crippen LogP contribution in [0.2, 0.25) is 0 Å². The number of hydrogen-bond acceptors (Lipinski definition) is 3. The number of aromatic nitrogens is 2. The van der Waals surface area contributed by atoms with Crippen LogP contribution >= 0.6 is 0 Å². The van der Waals surface area contributed by atoms with Crippen LogP contribution < -0.4 is 10.1 Å². The Balaban J connectivity index is 1.23. The van der Waals surface area contributed by atoms with Crippen molar-refractivity contribution in [3.05, 3.63) is 108 Å². The number of ether oxygens (including phenoxy) is 1. The largest absolute Gasteiger partial charge is 0.491 e. The number of aryl methyl sites for hydroxylation is 2. The number of rotatable bonds is 9. The van der Waals surface area contributed by atoms with Crippen LogP contribution in [0.1, 0.15) is 28.2 Å². The first-order chi connectivity index (χ1) is 17.2. The average Bonchev–Trinajstić information content (AvgIpc) is 3.24. The summed E-state index contributed by atoms with van der Waals surface area (Å²) in [7, 11) is 0. The summed E-state index contributed by atoms with van der Waals surface area (Å²) >= 11 is 0. The molecule has 1 amide bonds. The molecule has 0 aliphatic rings. The van der Waals surface area contributed by atoms with Crippen molar-refractivity contribution in [3.8, 4) is 5.75 Å². The quantitative estimate of drug-likeness (QED) is 0.275. The molecule has 0 aliphatic carbocycles. The third-order valence-corrected chi connectivity index (χ3v) is 6.23. The molecule has 0 bridgehead atoms. The molecule has 176 valence electrons. The van der Waals surface area contributed by atoms with Gasteiger partial charge in [0.15, 0.2) is 0 Å². The van der Waals surface area contributed by atoms with Gasteiger partial charge in [0, 0.05) is 23.9 Å². The van der Waals surface area contributed by atoms with E-state index in [0.717, 1.165) is 46.4 Å². The van der Waals surface area contributed by atoms with E-state index in [-0.39, 0.29) is 5.91 Å². The zero-order chi connectivity index (χ0) is 24.0. The molecule has 5 rings (SSSR count). The number of hydrogen-bond donors (Lipinski definition) is 1. The molecule has 0 unspecified atom stereocenters. The monoisotopic (exact) mass is 463 g/mol. The Morgan fingerprint density at radius 3 is 2.57 bits per heavy atom. The van der Waals surface area contributed by atoms with Crippen molar-refractivity contribution in [2.45, 2.75) is 26.3 Å². The van der Waals surface area contributed by atoms with E-state index in [2.05, 4.69) is 34.1 Å². The third kappa shape index (κ3) is 5.19. The summed E-state index contributed by atoms with van der Waals surface area (Å²) in [6.07, 6.45) is 1.59. The standard InChI is InChI=1S/C30H29N3O2/c1-22-15-17-24(18-16-22)30(34)31-19-7-14-29-32-26-11-4-5-12-27(26)33(29)20-21-35-28-13-6-9-23-8-2-3-10-25(23)28/h2-6,8-13,15-18H,7,14,19-21H2,1H3,(H,31,34). The highest BCUT2D eigenvalue weighted by Crippen LogP contribution is 2.25. The van der Waals surface area contributed by atoms with Gasteiger partial charge in [-0.2, -0.15) is 0 Å². The van der Waals surface area contributed by atoms with Crippen molar-refractivity contribution in [1.82, 2.24) is 14.9 Å². The van der Waals surface area contributed by atoms with Crippen LogP contribution in [0.5, 0.6) is 5.75 Å². The zero-order valence-corrected chi connectivity index (χ0v) is 19.9. The molecule has 5 aromatic rings. The number of benzene rings is 4. The van der Waals surface area contributed by atoms with Crippen LogP contribution in [0.15, 0.2) is 91.0 Å². The lowest BCUT2D eigenvalue weighted by Gasteiger charge is -2.12. The van der Waals surface area contributed by atoms with Gasteiger partial charge in [0.2, 0.25) is 0 Å². The van der Waals surface area contributed by atoms with Crippen LogP contribution in [0.4, 0.5) is 0 Å². The van der Waals surface area contributed by atoms with Crippen molar-refractivity contribution >= 4 is 27.7 Å². The van der Waals surface area contributed by atoms with Gasteiger partial charge < -0.3 is 14.6 Å². The molecule has 5 nitrogen and oxygen atoms in total. The number of nitrogens with one attached hydrogen (secondary N) is 1. The topological polar surface area (TPSA) is 56.2 Å². The van der Waals surface area contributed by atoms with E-state index in [9.17, 15) is 4.79 Å². The Labute approximate surface area is 205 Å². The molecule has 4 aromatic carbocycles. The number of nitrogens with zero attached hydrogens (tertiary/aromatic N) is 2. The van der Waals surface area contributed by atoms with Crippen LogP contribution in [-0.4, -0.2) is 28.6 Å². The lowest BCUT2D eigenvalue weighted by Crippen LogP contribution is -2.25. The number of para-hydroxylation sites is 2. The van der Waals surface area contributed by atoms with Crippen LogP contribution in [0, 0.1) is 6.92 Å². The van der Waals surface area contributed by atoms with Gasteiger partial charge in [0.25, 0.3) is 5.91 Å². The maximum absolute atomic E-state index is 12.4. The fourth-order valence-electron chi connectivity index (χ4n) is 4.39. The van der Waals surface area contributed by atoms with Gasteiger partial charge in [0.05, 0.1) is 17.6 Å². The van der Waals surface area contributed by atoms with Crippen LogP contribution in [0.3, 0.4) is 0 Å². The highest BCUT2D eigenvalue weighted by Gasteiger charge is 2.11. The number of carbonyl (C=O) groups excluding carboxylic acids is 1. The normalized spacial score (nSPS) is 11.1. The van der Waals surface area contributed by atoms with Crippen molar-refractivity contribution < 1.29 is 9.53 Å². The minimum absolute atomic E-state index is 0.0398. The second-order valence-corrected chi connectivity index (χ2v) is 8.72. The molecule has 0 saturated heterocycles. The summed E-state index contributed by atoms with van der Waals surface area (Å²) < 4.78 is 8.44. The van der Waals surface area contributed by atoms with E-state index in [1.165, 1.54) is 5.39 Å². The lowest BCUT2D eigenvalue weighted by atomic mass is 10.1. The molecule has 0 saturated carbocycles. The second-order valence-electron chi connectivity index (χ2n) is 8.72. The molecular formula is C30H29N3O2. The van der Waals surface area contributed by atoms with Gasteiger partial charge in [-0.25, -0.2) is 4.98 Å². The minimum Gasteiger partial charge on any atom is -0.491 e. The molecule has 0 spiro atoms. The smallest absolute Gasteiger partial charge is 0.251 e. The molecular weight excluding hydrogens is 434 g/mol. The van der Waals surface area contributed by atoms with Gasteiger partial charge in [-0.05, 0) is 49.1 Å². The lowest BCUT2D eigenvalue weighted by molar-refractivity contribution is 0.0953. The maximum Gasteiger partial charge on any atom is 0.251 e. The van der Waals surface area contributed by atoms with Crippen molar-refractivity contribution in [1.29, 1.82) is 0 Å². The number of carbonyl (C=O) groups is 1. The molecule has 1 aromatic heterocycles. The molecule has 0 atom stereocenters. The highest BCUT2D eigenvalue weighted by molar-refractivity contribution is 5.94. The Hall–Kier alpha value is -4.12. The summed E-state index contributed by atoms with van der Waals surface area (Å²) in [5, 5.41) is 5.32. The fraction of sp³-hybridized carbons (Fsp3) is 0.200. The molecule has 1 heterocycles. The number of imidazole rings is 1. The van der Waals surface area contributed by atoms with E-state index in [1.807, 2.05) is 73.7 Å². The predicted molar refractivity (Wildman–Crippen MR) is 141 cm³/mol. The summed E-state index contributed by atoms with van der Waals surface area (Å²) in [5.41, 5.74) is 3.92. The Morgan fingerprint density at radius 1 is 0.914 bits per heavy atom. The second kappa shape index (κ2) is 10.4. The van der Waals surface area contributed by atoms with Gasteiger partial charge in [-0.15, -0.1) is 0 Å². The molecule has 35 heavy (non-hydrogen) atoms. The van der Waals surface area contributed by atoms with Gasteiger partial charge in [-0.1, -0.05) is 66.2 Å². The summed E-state index contributed by atoms with van der Waals surface area (Å²) in [5.74, 6) is 1.87. The summed E-state index contributed by atoms with van der Waals surface area (Å²) in [4.78, 5) is 17.3. The van der Waals surface area contributed by atoms with Crippen molar-refractivity contribution in [3.63, 3.8) is 0 Å². The molecule has 1 N–H and O–H groups in total. The predicted octanol–water partition coefficient (Wildman–Crippen LogP) is 5.94. The number of amides is 1. The summed E-state index contributed by atoms with van der Waals surface area (Å²) in [6.45, 7) is 3.86. The maximum atomic E-state index is 12.4. The van der Waals surface area contributed by atoms with E-state index in [4.69, 9.17) is 9.72 Å². The van der Waals surface area contributed by atoms with Crippen molar-refractivity contribution in [2.24, 2.45) is 0 Å². The molecule has 5 heteroatoms. The van der Waals surface area contributed by atoms with E-state index in [1.54, 1.807) is 0 Å². The fourth-order valence-corrected chi connectivity index (χ4v) is 4.39. The first-order valence-corrected chi connectivity index (χ1v) is 12.1. The minimum atomic E-state index is -0.0398. The van der Waals surface area contributed by atoms with Gasteiger partial charge in [0.1, 0.15) is 18.2 Å². The molecule has 0 radical (unpaired) electrons. The summed E-state index contributed by atoms with van der Waals surface area (Å²) in [6, 6.07) is 30.2. The SMILES string of the molecule is Cc1ccc(C(=O)NCCCc2nc3ccccc3n2CCOc2cccc3ccccc23)cc1. The average molecular weight is 464 g/mol. The Morgan fingerprint density at radius 2 is 1.69 bits per heavy atom. The van der Waals surface area contributed by atoms with E-state index in [0.29, 0.717) is 25.3 Å². The Kier molecular flexibility index (Phi) is 6.75. The number of fused-ring (bicyclic) bond motifs is 2. The molecule has 0 fully saturated rings.